The van der Waals surface area contributed by atoms with E-state index in [0.717, 1.165) is 31.2 Å². The predicted molar refractivity (Wildman–Crippen MR) is 62.3 cm³/mol. The predicted octanol–water partition coefficient (Wildman–Crippen LogP) is 2.97. The molecule has 0 aromatic carbocycles. The van der Waals surface area contributed by atoms with E-state index in [0.29, 0.717) is 5.92 Å². The lowest BCUT2D eigenvalue weighted by molar-refractivity contribution is 0.220. The molecule has 2 N–H and O–H groups in total. The molecule has 2 atom stereocenters. The highest BCUT2D eigenvalue weighted by atomic mass is 19.1. The van der Waals surface area contributed by atoms with Crippen LogP contribution in [0.5, 0.6) is 0 Å². The van der Waals surface area contributed by atoms with Crippen LogP contribution in [0.15, 0.2) is 18.5 Å². The Morgan fingerprint density at radius 2 is 2.38 bits per heavy atom. The minimum Gasteiger partial charge on any atom is -0.321 e. The van der Waals surface area contributed by atoms with Gasteiger partial charge in [0.2, 0.25) is 0 Å². The number of hydrogen-bond acceptors (Lipinski definition) is 2. The maximum absolute atomic E-state index is 13.2. The molecule has 0 amide bonds. The third-order valence-electron chi connectivity index (χ3n) is 3.75. The van der Waals surface area contributed by atoms with Gasteiger partial charge in [0, 0.05) is 11.7 Å². The van der Waals surface area contributed by atoms with Crippen LogP contribution in [0.25, 0.3) is 0 Å². The number of aromatic nitrogens is 1. The van der Waals surface area contributed by atoms with Crippen LogP contribution in [-0.4, -0.2) is 4.98 Å². The first kappa shape index (κ1) is 11.5. The summed E-state index contributed by atoms with van der Waals surface area (Å²) < 4.78 is 13.2. The Bertz CT molecular complexity index is 367. The maximum Gasteiger partial charge on any atom is 0.141 e. The van der Waals surface area contributed by atoms with E-state index >= 15 is 0 Å². The van der Waals surface area contributed by atoms with Crippen molar-refractivity contribution in [1.82, 2.24) is 4.98 Å². The molecule has 1 aliphatic rings. The molecule has 1 heterocycles. The van der Waals surface area contributed by atoms with E-state index in [1.807, 2.05) is 0 Å². The van der Waals surface area contributed by atoms with Gasteiger partial charge >= 0.3 is 0 Å². The molecule has 2 nitrogen and oxygen atoms in total. The Morgan fingerprint density at radius 3 is 3.06 bits per heavy atom. The van der Waals surface area contributed by atoms with Gasteiger partial charge in [-0.2, -0.15) is 0 Å². The molecule has 0 saturated heterocycles. The molecule has 2 rings (SSSR count). The standard InChI is InChI=1S/C13H19FN2/c1-2-10-4-3-5-13(15,7-10)11-6-12(14)9-16-8-11/h6,8-10H,2-5,7,15H2,1H3. The average Bonchev–Trinajstić information content (AvgIpc) is 2.29. The molecule has 88 valence electrons. The van der Waals surface area contributed by atoms with Crippen molar-refractivity contribution >= 4 is 0 Å². The highest BCUT2D eigenvalue weighted by Gasteiger charge is 2.34. The molecule has 2 unspecified atom stereocenters. The largest absolute Gasteiger partial charge is 0.321 e. The summed E-state index contributed by atoms with van der Waals surface area (Å²) in [6.45, 7) is 2.19. The SMILES string of the molecule is CCC1CCCC(N)(c2cncc(F)c2)C1. The topological polar surface area (TPSA) is 38.9 Å². The quantitative estimate of drug-likeness (QED) is 0.835. The Balaban J connectivity index is 2.23. The molecule has 0 radical (unpaired) electrons. The minimum atomic E-state index is -0.367. The second-order valence-corrected chi connectivity index (χ2v) is 4.92. The van der Waals surface area contributed by atoms with Crippen LogP contribution in [0.1, 0.15) is 44.6 Å². The van der Waals surface area contributed by atoms with Crippen molar-refractivity contribution < 1.29 is 4.39 Å². The van der Waals surface area contributed by atoms with Crippen molar-refractivity contribution in [1.29, 1.82) is 0 Å². The smallest absolute Gasteiger partial charge is 0.141 e. The first-order chi connectivity index (χ1) is 7.64. The van der Waals surface area contributed by atoms with Crippen LogP contribution in [-0.2, 0) is 5.54 Å². The second-order valence-electron chi connectivity index (χ2n) is 4.92. The number of rotatable bonds is 2. The van der Waals surface area contributed by atoms with Crippen molar-refractivity contribution in [2.24, 2.45) is 11.7 Å². The van der Waals surface area contributed by atoms with Crippen molar-refractivity contribution in [3.05, 3.63) is 29.8 Å². The van der Waals surface area contributed by atoms with E-state index in [4.69, 9.17) is 5.73 Å². The van der Waals surface area contributed by atoms with Gasteiger partial charge in [0.05, 0.1) is 6.20 Å². The van der Waals surface area contributed by atoms with Gasteiger partial charge in [-0.25, -0.2) is 4.39 Å². The summed E-state index contributed by atoms with van der Waals surface area (Å²) in [6, 6.07) is 1.53. The van der Waals surface area contributed by atoms with Crippen LogP contribution in [0.4, 0.5) is 4.39 Å². The summed E-state index contributed by atoms with van der Waals surface area (Å²) in [5, 5.41) is 0. The summed E-state index contributed by atoms with van der Waals surface area (Å²) in [5.41, 5.74) is 6.89. The van der Waals surface area contributed by atoms with Gasteiger partial charge in [-0.05, 0) is 30.4 Å². The van der Waals surface area contributed by atoms with E-state index in [9.17, 15) is 4.39 Å². The number of nitrogens with two attached hydrogens (primary N) is 1. The molecular weight excluding hydrogens is 203 g/mol. The fraction of sp³-hybridized carbons (Fsp3) is 0.615. The zero-order valence-corrected chi connectivity index (χ0v) is 9.75. The van der Waals surface area contributed by atoms with E-state index < -0.39 is 0 Å². The monoisotopic (exact) mass is 222 g/mol. The van der Waals surface area contributed by atoms with Crippen LogP contribution in [0.3, 0.4) is 0 Å². The van der Waals surface area contributed by atoms with Gasteiger partial charge in [-0.1, -0.05) is 26.2 Å². The normalized spacial score (nSPS) is 30.3. The first-order valence-corrected chi connectivity index (χ1v) is 6.04. The van der Waals surface area contributed by atoms with Gasteiger partial charge in [0.15, 0.2) is 0 Å². The molecule has 1 aromatic rings. The molecular formula is C13H19FN2. The Labute approximate surface area is 96.1 Å². The van der Waals surface area contributed by atoms with Crippen molar-refractivity contribution in [3.8, 4) is 0 Å². The summed E-state index contributed by atoms with van der Waals surface area (Å²) in [5.74, 6) is 0.378. The van der Waals surface area contributed by atoms with Gasteiger partial charge < -0.3 is 5.73 Å². The number of pyridine rings is 1. The van der Waals surface area contributed by atoms with Gasteiger partial charge in [0.1, 0.15) is 5.82 Å². The van der Waals surface area contributed by atoms with Crippen LogP contribution >= 0.6 is 0 Å². The third-order valence-corrected chi connectivity index (χ3v) is 3.75. The van der Waals surface area contributed by atoms with Crippen molar-refractivity contribution in [3.63, 3.8) is 0 Å². The molecule has 0 bridgehead atoms. The minimum absolute atomic E-state index is 0.291. The lowest BCUT2D eigenvalue weighted by Crippen LogP contribution is -2.41. The van der Waals surface area contributed by atoms with Gasteiger partial charge in [-0.15, -0.1) is 0 Å². The zero-order chi connectivity index (χ0) is 11.6. The number of hydrogen-bond donors (Lipinski definition) is 1. The lowest BCUT2D eigenvalue weighted by Gasteiger charge is -2.38. The van der Waals surface area contributed by atoms with E-state index in [1.165, 1.54) is 18.7 Å². The van der Waals surface area contributed by atoms with Crippen LogP contribution < -0.4 is 5.73 Å². The molecule has 1 aliphatic carbocycles. The number of nitrogens with zero attached hydrogens (tertiary/aromatic N) is 1. The fourth-order valence-corrected chi connectivity index (χ4v) is 2.72. The van der Waals surface area contributed by atoms with E-state index in [1.54, 1.807) is 6.20 Å². The van der Waals surface area contributed by atoms with Crippen molar-refractivity contribution in [2.45, 2.75) is 44.6 Å². The van der Waals surface area contributed by atoms with Crippen LogP contribution in [0.2, 0.25) is 0 Å². The first-order valence-electron chi connectivity index (χ1n) is 6.04. The van der Waals surface area contributed by atoms with E-state index in [-0.39, 0.29) is 11.4 Å². The second kappa shape index (κ2) is 4.50. The van der Waals surface area contributed by atoms with E-state index in [2.05, 4.69) is 11.9 Å². The Hall–Kier alpha value is -0.960. The number of halogens is 1. The molecule has 0 aliphatic heterocycles. The summed E-state index contributed by atoms with van der Waals surface area (Å²) in [7, 11) is 0. The third kappa shape index (κ3) is 2.24. The molecule has 1 fully saturated rings. The Morgan fingerprint density at radius 1 is 1.56 bits per heavy atom. The summed E-state index contributed by atoms with van der Waals surface area (Å²) in [4.78, 5) is 3.90. The highest BCUT2D eigenvalue weighted by molar-refractivity contribution is 5.21. The van der Waals surface area contributed by atoms with Crippen LogP contribution in [0, 0.1) is 11.7 Å². The molecule has 0 spiro atoms. The molecule has 3 heteroatoms. The molecule has 1 aromatic heterocycles. The maximum atomic E-state index is 13.2. The Kier molecular flexibility index (Phi) is 3.24. The fourth-order valence-electron chi connectivity index (χ4n) is 2.72. The van der Waals surface area contributed by atoms with Gasteiger partial charge in [0.25, 0.3) is 0 Å². The summed E-state index contributed by atoms with van der Waals surface area (Å²) >= 11 is 0. The summed E-state index contributed by atoms with van der Waals surface area (Å²) in [6.07, 6.45) is 8.36. The molecule has 1 saturated carbocycles. The average molecular weight is 222 g/mol. The lowest BCUT2D eigenvalue weighted by atomic mass is 9.72. The van der Waals surface area contributed by atoms with Gasteiger partial charge in [-0.3, -0.25) is 4.98 Å². The van der Waals surface area contributed by atoms with Crippen molar-refractivity contribution in [2.75, 3.05) is 0 Å². The molecule has 16 heavy (non-hydrogen) atoms. The highest BCUT2D eigenvalue weighted by Crippen LogP contribution is 2.38. The zero-order valence-electron chi connectivity index (χ0n) is 9.75.